The molecule has 1 fully saturated rings. The molecular formula is C22H20F3N3O3. The Kier molecular flexibility index (Phi) is 5.94. The third-order valence-electron chi connectivity index (χ3n) is 4.84. The average molecular weight is 431 g/mol. The molecule has 162 valence electrons. The highest BCUT2D eigenvalue weighted by Gasteiger charge is 2.30. The summed E-state index contributed by atoms with van der Waals surface area (Å²) in [6.07, 6.45) is -4.48. The van der Waals surface area contributed by atoms with Crippen molar-refractivity contribution < 1.29 is 27.4 Å². The molecule has 0 saturated carbocycles. The zero-order valence-corrected chi connectivity index (χ0v) is 16.5. The largest absolute Gasteiger partial charge is 0.481 e. The lowest BCUT2D eigenvalue weighted by Crippen LogP contribution is -2.36. The lowest BCUT2D eigenvalue weighted by molar-refractivity contribution is -0.137. The van der Waals surface area contributed by atoms with E-state index in [1.54, 1.807) is 12.1 Å². The summed E-state index contributed by atoms with van der Waals surface area (Å²) in [5.74, 6) is 0.646. The summed E-state index contributed by atoms with van der Waals surface area (Å²) in [6.45, 7) is 2.38. The molecule has 1 aliphatic heterocycles. The van der Waals surface area contributed by atoms with Gasteiger partial charge in [-0.15, -0.1) is 0 Å². The van der Waals surface area contributed by atoms with Gasteiger partial charge in [0.05, 0.1) is 18.8 Å². The Morgan fingerprint density at radius 3 is 2.65 bits per heavy atom. The Morgan fingerprint density at radius 2 is 1.87 bits per heavy atom. The topological polar surface area (TPSA) is 63.7 Å². The molecule has 0 spiro atoms. The van der Waals surface area contributed by atoms with Crippen LogP contribution in [-0.2, 0) is 15.7 Å². The number of aromatic nitrogens is 1. The van der Waals surface area contributed by atoms with Crippen LogP contribution in [0.3, 0.4) is 0 Å². The number of pyridine rings is 1. The quantitative estimate of drug-likeness (QED) is 0.659. The molecule has 31 heavy (non-hydrogen) atoms. The van der Waals surface area contributed by atoms with E-state index in [0.29, 0.717) is 24.5 Å². The summed E-state index contributed by atoms with van der Waals surface area (Å²) in [5, 5.41) is 3.28. The van der Waals surface area contributed by atoms with Crippen LogP contribution in [0.15, 0.2) is 54.6 Å². The molecule has 0 aliphatic carbocycles. The number of hydrogen-bond donors (Lipinski definition) is 1. The molecule has 1 N–H and O–H groups in total. The van der Waals surface area contributed by atoms with Crippen molar-refractivity contribution >= 4 is 28.3 Å². The van der Waals surface area contributed by atoms with Crippen LogP contribution in [0.2, 0.25) is 0 Å². The van der Waals surface area contributed by atoms with Gasteiger partial charge in [-0.1, -0.05) is 18.2 Å². The molecule has 2 aromatic carbocycles. The maximum Gasteiger partial charge on any atom is 0.416 e. The highest BCUT2D eigenvalue weighted by Crippen LogP contribution is 2.31. The second-order valence-corrected chi connectivity index (χ2v) is 7.01. The molecule has 1 saturated heterocycles. The van der Waals surface area contributed by atoms with Crippen molar-refractivity contribution in [1.29, 1.82) is 0 Å². The minimum Gasteiger partial charge on any atom is -0.481 e. The number of hydrogen-bond acceptors (Lipinski definition) is 5. The van der Waals surface area contributed by atoms with Crippen LogP contribution in [0.4, 0.5) is 24.7 Å². The molecule has 0 radical (unpaired) electrons. The van der Waals surface area contributed by atoms with Gasteiger partial charge in [-0.2, -0.15) is 13.2 Å². The van der Waals surface area contributed by atoms with Crippen LogP contribution in [0.5, 0.6) is 5.75 Å². The number of morpholine rings is 1. The number of para-hydroxylation sites is 1. The van der Waals surface area contributed by atoms with Crippen molar-refractivity contribution in [3.63, 3.8) is 0 Å². The van der Waals surface area contributed by atoms with Crippen molar-refractivity contribution in [3.05, 3.63) is 60.2 Å². The smallest absolute Gasteiger partial charge is 0.416 e. The van der Waals surface area contributed by atoms with Gasteiger partial charge in [-0.3, -0.25) is 4.79 Å². The Bertz CT molecular complexity index is 1080. The molecular weight excluding hydrogens is 411 g/mol. The maximum atomic E-state index is 12.8. The summed E-state index contributed by atoms with van der Waals surface area (Å²) >= 11 is 0. The van der Waals surface area contributed by atoms with Gasteiger partial charge in [0.25, 0.3) is 5.91 Å². The fraction of sp³-hybridized carbons (Fsp3) is 0.273. The minimum atomic E-state index is -4.48. The molecule has 4 rings (SSSR count). The van der Waals surface area contributed by atoms with E-state index in [1.165, 1.54) is 12.1 Å². The summed E-state index contributed by atoms with van der Waals surface area (Å²) in [4.78, 5) is 19.0. The zero-order valence-electron chi connectivity index (χ0n) is 16.5. The first-order valence-electron chi connectivity index (χ1n) is 9.72. The molecule has 1 aliphatic rings. The predicted molar refractivity (Wildman–Crippen MR) is 110 cm³/mol. The van der Waals surface area contributed by atoms with Crippen LogP contribution in [0, 0.1) is 0 Å². The standard InChI is InChI=1S/C22H20F3N3O3/c23-22(24,25)16-4-2-5-17(13-16)26-20(29)14-31-18-6-1-3-15-7-8-19(27-21(15)18)28-9-11-30-12-10-28/h1-8,13H,9-12,14H2,(H,26,29). The number of nitrogens with zero attached hydrogens (tertiary/aromatic N) is 2. The molecule has 0 atom stereocenters. The molecule has 1 amide bonds. The van der Waals surface area contributed by atoms with Crippen molar-refractivity contribution in [1.82, 2.24) is 4.98 Å². The van der Waals surface area contributed by atoms with Crippen molar-refractivity contribution in [3.8, 4) is 5.75 Å². The van der Waals surface area contributed by atoms with Crippen LogP contribution >= 0.6 is 0 Å². The molecule has 9 heteroatoms. The first-order valence-corrected chi connectivity index (χ1v) is 9.72. The van der Waals surface area contributed by atoms with E-state index in [2.05, 4.69) is 15.2 Å². The third-order valence-corrected chi connectivity index (χ3v) is 4.84. The zero-order chi connectivity index (χ0) is 21.8. The summed E-state index contributed by atoms with van der Waals surface area (Å²) < 4.78 is 49.5. The number of rotatable bonds is 5. The van der Waals surface area contributed by atoms with Gasteiger partial charge in [0.15, 0.2) is 6.61 Å². The number of ether oxygens (including phenoxy) is 2. The number of halogens is 3. The molecule has 3 aromatic rings. The Labute approximate surface area is 176 Å². The van der Waals surface area contributed by atoms with E-state index in [4.69, 9.17) is 9.47 Å². The second kappa shape index (κ2) is 8.81. The van der Waals surface area contributed by atoms with E-state index in [9.17, 15) is 18.0 Å². The van der Waals surface area contributed by atoms with E-state index in [0.717, 1.165) is 36.4 Å². The number of benzene rings is 2. The lowest BCUT2D eigenvalue weighted by Gasteiger charge is -2.28. The number of carbonyl (C=O) groups excluding carboxylic acids is 1. The molecule has 6 nitrogen and oxygen atoms in total. The maximum absolute atomic E-state index is 12.8. The number of fused-ring (bicyclic) bond motifs is 1. The predicted octanol–water partition coefficient (Wildman–Crippen LogP) is 4.11. The van der Waals surface area contributed by atoms with E-state index in [1.807, 2.05) is 18.2 Å². The molecule has 1 aromatic heterocycles. The van der Waals surface area contributed by atoms with E-state index >= 15 is 0 Å². The Morgan fingerprint density at radius 1 is 1.10 bits per heavy atom. The highest BCUT2D eigenvalue weighted by molar-refractivity contribution is 5.92. The van der Waals surface area contributed by atoms with Gasteiger partial charge in [-0.05, 0) is 36.4 Å². The van der Waals surface area contributed by atoms with Gasteiger partial charge in [0.2, 0.25) is 0 Å². The lowest BCUT2D eigenvalue weighted by atomic mass is 10.2. The summed E-state index contributed by atoms with van der Waals surface area (Å²) in [6, 6.07) is 13.7. The van der Waals surface area contributed by atoms with Crippen LogP contribution in [-0.4, -0.2) is 43.8 Å². The number of amides is 1. The van der Waals surface area contributed by atoms with Gasteiger partial charge in [0.1, 0.15) is 17.1 Å². The van der Waals surface area contributed by atoms with Gasteiger partial charge >= 0.3 is 6.18 Å². The monoisotopic (exact) mass is 431 g/mol. The Hall–Kier alpha value is -3.33. The van der Waals surface area contributed by atoms with Gasteiger partial charge in [0, 0.05) is 24.2 Å². The number of carbonyl (C=O) groups is 1. The van der Waals surface area contributed by atoms with Gasteiger partial charge in [-0.25, -0.2) is 4.98 Å². The first-order chi connectivity index (χ1) is 14.9. The third kappa shape index (κ3) is 5.05. The molecule has 2 heterocycles. The average Bonchev–Trinajstić information content (AvgIpc) is 2.77. The Balaban J connectivity index is 1.46. The fourth-order valence-corrected chi connectivity index (χ4v) is 3.31. The van der Waals surface area contributed by atoms with E-state index in [-0.39, 0.29) is 12.3 Å². The number of anilines is 2. The van der Waals surface area contributed by atoms with Crippen LogP contribution in [0.25, 0.3) is 10.9 Å². The number of nitrogens with one attached hydrogen (secondary N) is 1. The van der Waals surface area contributed by atoms with Crippen molar-refractivity contribution in [2.24, 2.45) is 0 Å². The van der Waals surface area contributed by atoms with Crippen LogP contribution in [0.1, 0.15) is 5.56 Å². The van der Waals surface area contributed by atoms with Crippen LogP contribution < -0.4 is 15.0 Å². The fourth-order valence-electron chi connectivity index (χ4n) is 3.31. The summed E-state index contributed by atoms with van der Waals surface area (Å²) in [5.41, 5.74) is -0.174. The second-order valence-electron chi connectivity index (χ2n) is 7.01. The van der Waals surface area contributed by atoms with Crippen molar-refractivity contribution in [2.75, 3.05) is 43.1 Å². The number of alkyl halides is 3. The minimum absolute atomic E-state index is 0.0501. The first kappa shape index (κ1) is 20.9. The van der Waals surface area contributed by atoms with Gasteiger partial charge < -0.3 is 19.7 Å². The molecule has 0 bridgehead atoms. The molecule has 0 unspecified atom stereocenters. The van der Waals surface area contributed by atoms with Crippen molar-refractivity contribution in [2.45, 2.75) is 6.18 Å². The van der Waals surface area contributed by atoms with E-state index < -0.39 is 17.6 Å². The summed E-state index contributed by atoms with van der Waals surface area (Å²) in [7, 11) is 0. The normalized spacial score (nSPS) is 14.5. The SMILES string of the molecule is O=C(COc1cccc2ccc(N3CCOCC3)nc12)Nc1cccc(C(F)(F)F)c1. The highest BCUT2D eigenvalue weighted by atomic mass is 19.4.